The van der Waals surface area contributed by atoms with Crippen molar-refractivity contribution < 1.29 is 0 Å². The first-order valence-corrected chi connectivity index (χ1v) is 6.59. The summed E-state index contributed by atoms with van der Waals surface area (Å²) in [5, 5.41) is 7.90. The summed E-state index contributed by atoms with van der Waals surface area (Å²) < 4.78 is 1.85. The third-order valence-corrected chi connectivity index (χ3v) is 2.97. The van der Waals surface area contributed by atoms with E-state index in [2.05, 4.69) is 36.2 Å². The quantitative estimate of drug-likeness (QED) is 0.881. The Morgan fingerprint density at radius 2 is 2.11 bits per heavy atom. The van der Waals surface area contributed by atoms with Gasteiger partial charge in [-0.1, -0.05) is 13.8 Å². The highest BCUT2D eigenvalue weighted by Gasteiger charge is 2.05. The lowest BCUT2D eigenvalue weighted by atomic mass is 10.1. The van der Waals surface area contributed by atoms with Gasteiger partial charge in [0.05, 0.1) is 5.69 Å². The van der Waals surface area contributed by atoms with Gasteiger partial charge in [-0.05, 0) is 26.2 Å². The maximum absolute atomic E-state index is 4.40. The van der Waals surface area contributed by atoms with Gasteiger partial charge in [-0.25, -0.2) is 9.50 Å². The lowest BCUT2D eigenvalue weighted by Crippen LogP contribution is -2.27. The maximum atomic E-state index is 4.40. The van der Waals surface area contributed by atoms with Crippen LogP contribution in [0, 0.1) is 12.8 Å². The Morgan fingerprint density at radius 3 is 2.83 bits per heavy atom. The molecule has 4 heteroatoms. The lowest BCUT2D eigenvalue weighted by molar-refractivity contribution is 0.441. The Balaban J connectivity index is 1.99. The summed E-state index contributed by atoms with van der Waals surface area (Å²) >= 11 is 0. The van der Waals surface area contributed by atoms with E-state index in [-0.39, 0.29) is 0 Å². The second kappa shape index (κ2) is 5.48. The van der Waals surface area contributed by atoms with Crippen LogP contribution in [0.3, 0.4) is 0 Å². The molecule has 0 aliphatic rings. The second-order valence-electron chi connectivity index (χ2n) is 5.46. The highest BCUT2D eigenvalue weighted by Crippen LogP contribution is 2.07. The van der Waals surface area contributed by atoms with Gasteiger partial charge in [0.25, 0.3) is 0 Å². The first kappa shape index (κ1) is 13.0. The van der Waals surface area contributed by atoms with Crippen molar-refractivity contribution in [1.29, 1.82) is 0 Å². The molecule has 0 aliphatic heterocycles. The van der Waals surface area contributed by atoms with Gasteiger partial charge in [-0.2, -0.15) is 5.10 Å². The number of nitrogens with one attached hydrogen (secondary N) is 1. The van der Waals surface area contributed by atoms with Crippen molar-refractivity contribution in [3.63, 3.8) is 0 Å². The Labute approximate surface area is 108 Å². The molecule has 0 saturated heterocycles. The summed E-state index contributed by atoms with van der Waals surface area (Å²) in [5.74, 6) is 0.724. The summed E-state index contributed by atoms with van der Waals surface area (Å²) in [6.45, 7) is 9.55. The molecule has 4 nitrogen and oxygen atoms in total. The second-order valence-corrected chi connectivity index (χ2v) is 5.46. The summed E-state index contributed by atoms with van der Waals surface area (Å²) in [6.07, 6.45) is 5.16. The molecule has 0 fully saturated rings. The van der Waals surface area contributed by atoms with E-state index < -0.39 is 0 Å². The Hall–Kier alpha value is -1.42. The Morgan fingerprint density at radius 1 is 1.33 bits per heavy atom. The normalized spacial score (nSPS) is 13.4. The molecule has 0 amide bonds. The van der Waals surface area contributed by atoms with Crippen LogP contribution in [-0.4, -0.2) is 20.6 Å². The lowest BCUT2D eigenvalue weighted by Gasteiger charge is -2.15. The zero-order chi connectivity index (χ0) is 13.1. The number of fused-ring (bicyclic) bond motifs is 1. The van der Waals surface area contributed by atoms with E-state index >= 15 is 0 Å². The monoisotopic (exact) mass is 246 g/mol. The van der Waals surface area contributed by atoms with Crippen LogP contribution in [0.4, 0.5) is 0 Å². The molecule has 0 bridgehead atoms. The van der Waals surface area contributed by atoms with Crippen molar-refractivity contribution in [1.82, 2.24) is 19.9 Å². The van der Waals surface area contributed by atoms with E-state index in [0.29, 0.717) is 6.04 Å². The van der Waals surface area contributed by atoms with Crippen LogP contribution >= 0.6 is 0 Å². The van der Waals surface area contributed by atoms with E-state index in [1.54, 1.807) is 0 Å². The predicted molar refractivity (Wildman–Crippen MR) is 73.5 cm³/mol. The molecule has 18 heavy (non-hydrogen) atoms. The molecule has 1 N–H and O–H groups in total. The summed E-state index contributed by atoms with van der Waals surface area (Å²) in [4.78, 5) is 4.40. The molecule has 1 unspecified atom stereocenters. The zero-order valence-corrected chi connectivity index (χ0v) is 11.6. The number of rotatable bonds is 5. The fourth-order valence-corrected chi connectivity index (χ4v) is 2.21. The molecular weight excluding hydrogens is 224 g/mol. The highest BCUT2D eigenvalue weighted by molar-refractivity contribution is 5.38. The van der Waals surface area contributed by atoms with E-state index in [1.807, 2.05) is 29.9 Å². The topological polar surface area (TPSA) is 42.2 Å². The highest BCUT2D eigenvalue weighted by atomic mass is 15.2. The van der Waals surface area contributed by atoms with E-state index in [4.69, 9.17) is 0 Å². The van der Waals surface area contributed by atoms with E-state index in [1.165, 1.54) is 12.0 Å². The average molecular weight is 246 g/mol. The van der Waals surface area contributed by atoms with Gasteiger partial charge in [0, 0.05) is 36.6 Å². The predicted octanol–water partition coefficient (Wildman–Crippen LogP) is 2.56. The van der Waals surface area contributed by atoms with Crippen molar-refractivity contribution in [3.05, 3.63) is 29.7 Å². The maximum Gasteiger partial charge on any atom is 0.155 e. The smallest absolute Gasteiger partial charge is 0.155 e. The fourth-order valence-electron chi connectivity index (χ4n) is 2.21. The Bertz CT molecular complexity index is 515. The molecule has 0 saturated carbocycles. The third-order valence-electron chi connectivity index (χ3n) is 2.97. The molecule has 98 valence electrons. The minimum atomic E-state index is 0.528. The van der Waals surface area contributed by atoms with Gasteiger partial charge < -0.3 is 5.32 Å². The van der Waals surface area contributed by atoms with Gasteiger partial charge >= 0.3 is 0 Å². The molecule has 0 spiro atoms. The van der Waals surface area contributed by atoms with Gasteiger partial charge in [0.15, 0.2) is 5.65 Å². The van der Waals surface area contributed by atoms with Gasteiger partial charge in [0.2, 0.25) is 0 Å². The number of hydrogen-bond acceptors (Lipinski definition) is 3. The molecule has 1 atom stereocenters. The summed E-state index contributed by atoms with van der Waals surface area (Å²) in [7, 11) is 0. The minimum absolute atomic E-state index is 0.528. The first-order valence-electron chi connectivity index (χ1n) is 6.59. The fraction of sp³-hybridized carbons (Fsp3) is 0.571. The number of hydrogen-bond donors (Lipinski definition) is 1. The molecule has 2 aromatic heterocycles. The summed E-state index contributed by atoms with van der Waals surface area (Å²) in [5.41, 5.74) is 3.08. The van der Waals surface area contributed by atoms with Gasteiger partial charge in [0.1, 0.15) is 0 Å². The number of nitrogens with zero attached hydrogens (tertiary/aromatic N) is 3. The van der Waals surface area contributed by atoms with Crippen LogP contribution in [0.1, 0.15) is 38.4 Å². The van der Waals surface area contributed by atoms with Crippen molar-refractivity contribution in [3.8, 4) is 0 Å². The molecular formula is C14H22N4. The molecule has 2 rings (SSSR count). The van der Waals surface area contributed by atoms with Crippen LogP contribution in [0.15, 0.2) is 18.5 Å². The van der Waals surface area contributed by atoms with Crippen molar-refractivity contribution in [2.45, 2.75) is 46.7 Å². The third kappa shape index (κ3) is 3.29. The van der Waals surface area contributed by atoms with Crippen LogP contribution in [0.5, 0.6) is 0 Å². The minimum Gasteiger partial charge on any atom is -0.310 e. The molecule has 2 heterocycles. The first-order chi connectivity index (χ1) is 8.54. The van der Waals surface area contributed by atoms with Crippen molar-refractivity contribution in [2.24, 2.45) is 5.92 Å². The number of aromatic nitrogens is 3. The zero-order valence-electron chi connectivity index (χ0n) is 11.6. The van der Waals surface area contributed by atoms with Crippen LogP contribution in [0.2, 0.25) is 0 Å². The van der Waals surface area contributed by atoms with Crippen molar-refractivity contribution >= 4 is 5.65 Å². The Kier molecular flexibility index (Phi) is 3.97. The van der Waals surface area contributed by atoms with E-state index in [9.17, 15) is 0 Å². The average Bonchev–Trinajstić information content (AvgIpc) is 2.64. The molecule has 0 radical (unpaired) electrons. The SMILES string of the molecule is Cc1cc2ncc(CNC(C)CC(C)C)cn2n1. The number of aryl methyl sites for hydroxylation is 1. The van der Waals surface area contributed by atoms with E-state index in [0.717, 1.165) is 23.8 Å². The summed E-state index contributed by atoms with van der Waals surface area (Å²) in [6, 6.07) is 2.51. The van der Waals surface area contributed by atoms with Crippen LogP contribution in [-0.2, 0) is 6.54 Å². The van der Waals surface area contributed by atoms with Crippen LogP contribution in [0.25, 0.3) is 5.65 Å². The van der Waals surface area contributed by atoms with Gasteiger partial charge in [-0.15, -0.1) is 0 Å². The molecule has 0 aliphatic carbocycles. The van der Waals surface area contributed by atoms with Crippen molar-refractivity contribution in [2.75, 3.05) is 0 Å². The standard InChI is InChI=1S/C14H22N4/c1-10(2)5-11(3)15-7-13-8-16-14-6-12(4)17-18(14)9-13/h6,8-11,15H,5,7H2,1-4H3. The van der Waals surface area contributed by atoms with Crippen LogP contribution < -0.4 is 5.32 Å². The van der Waals surface area contributed by atoms with Gasteiger partial charge in [-0.3, -0.25) is 0 Å². The molecule has 2 aromatic rings. The largest absolute Gasteiger partial charge is 0.310 e. The molecule has 0 aromatic carbocycles.